The van der Waals surface area contributed by atoms with Crippen molar-refractivity contribution in [1.29, 1.82) is 0 Å². The predicted octanol–water partition coefficient (Wildman–Crippen LogP) is 0.847. The predicted molar refractivity (Wildman–Crippen MR) is 71.4 cm³/mol. The van der Waals surface area contributed by atoms with Crippen LogP contribution in [-0.2, 0) is 0 Å². The monoisotopic (exact) mass is 251 g/mol. The molecule has 0 aromatic carbocycles. The Hall–Kier alpha value is -1.40. The Morgan fingerprint density at radius 1 is 1.56 bits per heavy atom. The molecule has 0 bridgehead atoms. The maximum Gasteiger partial charge on any atom is 0.148 e. The van der Waals surface area contributed by atoms with Crippen molar-refractivity contribution >= 4 is 11.6 Å². The first-order valence-electron chi connectivity index (χ1n) is 6.38. The highest BCUT2D eigenvalue weighted by atomic mass is 16.3. The van der Waals surface area contributed by atoms with Crippen LogP contribution in [0.4, 0.5) is 11.6 Å². The second kappa shape index (κ2) is 5.49. The molecule has 1 atom stereocenters. The molecule has 1 aromatic heterocycles. The van der Waals surface area contributed by atoms with E-state index in [1.807, 2.05) is 0 Å². The third-order valence-electron chi connectivity index (χ3n) is 3.44. The molecule has 0 spiro atoms. The lowest BCUT2D eigenvalue weighted by Gasteiger charge is -2.28. The summed E-state index contributed by atoms with van der Waals surface area (Å²) in [6.45, 7) is 5.26. The van der Waals surface area contributed by atoms with Crippen LogP contribution in [0.2, 0.25) is 0 Å². The number of nitrogens with zero attached hydrogens (tertiary/aromatic N) is 3. The number of hydrazine groups is 1. The Labute approximate surface area is 107 Å². The number of hydrogen-bond acceptors (Lipinski definition) is 6. The normalized spacial score (nSPS) is 19.6. The minimum atomic E-state index is 0.156. The highest BCUT2D eigenvalue weighted by molar-refractivity contribution is 5.60. The molecule has 2 heterocycles. The number of rotatable bonds is 4. The van der Waals surface area contributed by atoms with Crippen LogP contribution in [0.1, 0.15) is 38.2 Å². The van der Waals surface area contributed by atoms with E-state index in [4.69, 9.17) is 5.84 Å². The van der Waals surface area contributed by atoms with Crippen molar-refractivity contribution in [2.75, 3.05) is 23.5 Å². The number of nitrogens with one attached hydrogen (secondary N) is 1. The topological polar surface area (TPSA) is 87.3 Å². The maximum atomic E-state index is 9.43. The lowest BCUT2D eigenvalue weighted by atomic mass is 10.0. The van der Waals surface area contributed by atoms with E-state index in [1.54, 1.807) is 0 Å². The number of aliphatic hydroxyl groups is 1. The molecule has 100 valence electrons. The number of nitrogens with two attached hydrogens (primary N) is 1. The van der Waals surface area contributed by atoms with Gasteiger partial charge < -0.3 is 15.4 Å². The van der Waals surface area contributed by atoms with Gasteiger partial charge in [0.2, 0.25) is 0 Å². The van der Waals surface area contributed by atoms with Gasteiger partial charge in [-0.05, 0) is 18.8 Å². The molecular weight excluding hydrogens is 230 g/mol. The quantitative estimate of drug-likeness (QED) is 0.543. The molecule has 0 radical (unpaired) electrons. The molecule has 4 N–H and O–H groups in total. The van der Waals surface area contributed by atoms with Gasteiger partial charge >= 0.3 is 0 Å². The zero-order valence-corrected chi connectivity index (χ0v) is 10.9. The van der Waals surface area contributed by atoms with Gasteiger partial charge in [-0.25, -0.2) is 15.8 Å². The lowest BCUT2D eigenvalue weighted by molar-refractivity contribution is 0.266. The Morgan fingerprint density at radius 2 is 2.33 bits per heavy atom. The number of aliphatic hydroxyl groups excluding tert-OH is 1. The van der Waals surface area contributed by atoms with E-state index in [9.17, 15) is 5.11 Å². The SMILES string of the molecule is CC(C)c1c(NN)ncnc1N1CCCC1CO. The molecule has 1 aliphatic heterocycles. The van der Waals surface area contributed by atoms with Gasteiger partial charge in [0.1, 0.15) is 18.0 Å². The molecule has 0 saturated carbocycles. The van der Waals surface area contributed by atoms with Crippen LogP contribution in [0, 0.1) is 0 Å². The summed E-state index contributed by atoms with van der Waals surface area (Å²) in [5.41, 5.74) is 3.65. The lowest BCUT2D eigenvalue weighted by Crippen LogP contribution is -2.34. The second-order valence-corrected chi connectivity index (χ2v) is 4.93. The van der Waals surface area contributed by atoms with Crippen molar-refractivity contribution in [3.63, 3.8) is 0 Å². The first-order chi connectivity index (χ1) is 8.69. The van der Waals surface area contributed by atoms with Crippen LogP contribution < -0.4 is 16.2 Å². The molecule has 1 fully saturated rings. The van der Waals surface area contributed by atoms with Crippen LogP contribution >= 0.6 is 0 Å². The first kappa shape index (κ1) is 13.0. The summed E-state index contributed by atoms with van der Waals surface area (Å²) in [6.07, 6.45) is 3.60. The van der Waals surface area contributed by atoms with Gasteiger partial charge in [-0.3, -0.25) is 0 Å². The van der Waals surface area contributed by atoms with E-state index < -0.39 is 0 Å². The zero-order chi connectivity index (χ0) is 13.1. The maximum absolute atomic E-state index is 9.43. The third-order valence-corrected chi connectivity index (χ3v) is 3.44. The molecule has 1 unspecified atom stereocenters. The van der Waals surface area contributed by atoms with Gasteiger partial charge in [0, 0.05) is 12.1 Å². The van der Waals surface area contributed by atoms with Gasteiger partial charge in [0.25, 0.3) is 0 Å². The summed E-state index contributed by atoms with van der Waals surface area (Å²) in [5.74, 6) is 7.34. The highest BCUT2D eigenvalue weighted by Gasteiger charge is 2.28. The van der Waals surface area contributed by atoms with E-state index in [-0.39, 0.29) is 18.6 Å². The van der Waals surface area contributed by atoms with E-state index in [1.165, 1.54) is 6.33 Å². The Bertz CT molecular complexity index is 409. The number of anilines is 2. The van der Waals surface area contributed by atoms with Crippen molar-refractivity contribution in [2.45, 2.75) is 38.6 Å². The number of aromatic nitrogens is 2. The minimum absolute atomic E-state index is 0.156. The molecule has 18 heavy (non-hydrogen) atoms. The Kier molecular flexibility index (Phi) is 3.98. The van der Waals surface area contributed by atoms with Gasteiger partial charge in [0.05, 0.1) is 12.6 Å². The Balaban J connectivity index is 2.43. The minimum Gasteiger partial charge on any atom is -0.394 e. The molecule has 6 nitrogen and oxygen atoms in total. The van der Waals surface area contributed by atoms with Crippen molar-refractivity contribution in [2.24, 2.45) is 5.84 Å². The van der Waals surface area contributed by atoms with Crippen molar-refractivity contribution in [3.8, 4) is 0 Å². The van der Waals surface area contributed by atoms with Crippen LogP contribution in [0.5, 0.6) is 0 Å². The summed E-state index contributed by atoms with van der Waals surface area (Å²) >= 11 is 0. The first-order valence-corrected chi connectivity index (χ1v) is 6.38. The van der Waals surface area contributed by atoms with Gasteiger partial charge in [0.15, 0.2) is 0 Å². The summed E-state index contributed by atoms with van der Waals surface area (Å²) < 4.78 is 0. The largest absolute Gasteiger partial charge is 0.394 e. The van der Waals surface area contributed by atoms with Crippen molar-refractivity contribution < 1.29 is 5.11 Å². The number of nitrogen functional groups attached to an aromatic ring is 1. The summed E-state index contributed by atoms with van der Waals surface area (Å²) in [6, 6.07) is 0.156. The van der Waals surface area contributed by atoms with E-state index in [2.05, 4.69) is 34.1 Å². The summed E-state index contributed by atoms with van der Waals surface area (Å²) in [7, 11) is 0. The van der Waals surface area contributed by atoms with E-state index >= 15 is 0 Å². The van der Waals surface area contributed by atoms with E-state index in [0.717, 1.165) is 30.8 Å². The van der Waals surface area contributed by atoms with Gasteiger partial charge in [-0.1, -0.05) is 13.8 Å². The van der Waals surface area contributed by atoms with Crippen LogP contribution in [0.15, 0.2) is 6.33 Å². The fraction of sp³-hybridized carbons (Fsp3) is 0.667. The number of hydrogen-bond donors (Lipinski definition) is 3. The average Bonchev–Trinajstić information content (AvgIpc) is 2.85. The van der Waals surface area contributed by atoms with Gasteiger partial charge in [-0.15, -0.1) is 0 Å². The van der Waals surface area contributed by atoms with Crippen LogP contribution in [0.25, 0.3) is 0 Å². The smallest absolute Gasteiger partial charge is 0.148 e. The molecule has 6 heteroatoms. The fourth-order valence-electron chi connectivity index (χ4n) is 2.57. The summed E-state index contributed by atoms with van der Waals surface area (Å²) in [5, 5.41) is 9.43. The summed E-state index contributed by atoms with van der Waals surface area (Å²) in [4.78, 5) is 10.7. The molecule has 1 aromatic rings. The molecule has 1 aliphatic rings. The molecule has 0 aliphatic carbocycles. The van der Waals surface area contributed by atoms with Crippen LogP contribution in [-0.4, -0.2) is 34.3 Å². The molecule has 0 amide bonds. The average molecular weight is 251 g/mol. The van der Waals surface area contributed by atoms with E-state index in [0.29, 0.717) is 5.82 Å². The fourth-order valence-corrected chi connectivity index (χ4v) is 2.57. The Morgan fingerprint density at radius 3 is 2.94 bits per heavy atom. The second-order valence-electron chi connectivity index (χ2n) is 4.93. The van der Waals surface area contributed by atoms with Crippen molar-refractivity contribution in [1.82, 2.24) is 9.97 Å². The standard InChI is InChI=1S/C12H21N5O/c1-8(2)10-11(16-13)14-7-15-12(10)17-5-3-4-9(17)6-18/h7-9,18H,3-6,13H2,1-2H3,(H,14,15,16). The third kappa shape index (κ3) is 2.26. The zero-order valence-electron chi connectivity index (χ0n) is 10.9. The highest BCUT2D eigenvalue weighted by Crippen LogP contribution is 2.34. The van der Waals surface area contributed by atoms with Crippen molar-refractivity contribution in [3.05, 3.63) is 11.9 Å². The molecule has 1 saturated heterocycles. The van der Waals surface area contributed by atoms with Gasteiger partial charge in [-0.2, -0.15) is 0 Å². The van der Waals surface area contributed by atoms with Crippen LogP contribution in [0.3, 0.4) is 0 Å². The molecule has 2 rings (SSSR count). The molecular formula is C12H21N5O.